The number of nitrogens with zero attached hydrogens (tertiary/aromatic N) is 1. The van der Waals surface area contributed by atoms with Gasteiger partial charge in [0, 0.05) is 24.0 Å². The van der Waals surface area contributed by atoms with Crippen molar-refractivity contribution in [1.82, 2.24) is 4.98 Å². The van der Waals surface area contributed by atoms with E-state index in [1.54, 1.807) is 45.9 Å². The Kier molecular flexibility index (Phi) is 6.56. The van der Waals surface area contributed by atoms with E-state index >= 15 is 0 Å². The fraction of sp³-hybridized carbons (Fsp3) is 0.438. The Labute approximate surface area is 131 Å². The van der Waals surface area contributed by atoms with Crippen molar-refractivity contribution in [3.05, 3.63) is 24.8 Å². The molecule has 2 N–H and O–H groups in total. The van der Waals surface area contributed by atoms with Crippen LogP contribution in [0.1, 0.15) is 27.7 Å². The Hall–Kier alpha value is -2.37. The maximum Gasteiger partial charge on any atom is 0.228 e. The van der Waals surface area contributed by atoms with Gasteiger partial charge in [-0.05, 0) is 0 Å². The zero-order valence-electron chi connectivity index (χ0n) is 13.5. The summed E-state index contributed by atoms with van der Waals surface area (Å²) in [6, 6.07) is 3.21. The van der Waals surface area contributed by atoms with Gasteiger partial charge in [0.2, 0.25) is 11.8 Å². The van der Waals surface area contributed by atoms with Crippen LogP contribution in [0, 0.1) is 11.8 Å². The standard InChI is InChI=1S/C16H23N3O3/c1-6-7-22-12-8-13(18-15(20)10(2)3)17-14(9-12)19-16(21)11(4)5/h6,8-11H,1,7H2,2-5H3,(H2,17,18,19,20,21). The van der Waals surface area contributed by atoms with E-state index in [4.69, 9.17) is 4.74 Å². The molecule has 0 saturated heterocycles. The SMILES string of the molecule is C=CCOc1cc(NC(=O)C(C)C)nc(NC(=O)C(C)C)c1. The van der Waals surface area contributed by atoms with Gasteiger partial charge in [0.15, 0.2) is 0 Å². The Morgan fingerprint density at radius 3 is 1.95 bits per heavy atom. The molecule has 0 saturated carbocycles. The normalized spacial score (nSPS) is 10.5. The second kappa shape index (κ2) is 8.17. The van der Waals surface area contributed by atoms with Crippen LogP contribution in [0.15, 0.2) is 24.8 Å². The van der Waals surface area contributed by atoms with E-state index in [1.165, 1.54) is 0 Å². The minimum absolute atomic E-state index is 0.158. The number of pyridine rings is 1. The van der Waals surface area contributed by atoms with Crippen molar-refractivity contribution < 1.29 is 14.3 Å². The molecule has 1 aromatic rings. The van der Waals surface area contributed by atoms with E-state index in [0.717, 1.165) is 0 Å². The summed E-state index contributed by atoms with van der Waals surface area (Å²) in [5.41, 5.74) is 0. The molecule has 1 rings (SSSR count). The van der Waals surface area contributed by atoms with Crippen LogP contribution < -0.4 is 15.4 Å². The topological polar surface area (TPSA) is 80.3 Å². The summed E-state index contributed by atoms with van der Waals surface area (Å²) < 4.78 is 5.46. The Balaban J connectivity index is 3.01. The average Bonchev–Trinajstić information content (AvgIpc) is 2.44. The van der Waals surface area contributed by atoms with Crippen LogP contribution in [0.25, 0.3) is 0 Å². The predicted octanol–water partition coefficient (Wildman–Crippen LogP) is 2.84. The van der Waals surface area contributed by atoms with Gasteiger partial charge in [-0.25, -0.2) is 4.98 Å². The number of carbonyl (C=O) groups is 2. The van der Waals surface area contributed by atoms with Crippen molar-refractivity contribution in [3.8, 4) is 5.75 Å². The van der Waals surface area contributed by atoms with E-state index in [1.807, 2.05) is 0 Å². The monoisotopic (exact) mass is 305 g/mol. The highest BCUT2D eigenvalue weighted by atomic mass is 16.5. The Morgan fingerprint density at radius 1 is 1.14 bits per heavy atom. The van der Waals surface area contributed by atoms with Crippen molar-refractivity contribution in [2.75, 3.05) is 17.2 Å². The minimum atomic E-state index is -0.173. The summed E-state index contributed by atoms with van der Waals surface area (Å²) in [6.07, 6.45) is 1.61. The summed E-state index contributed by atoms with van der Waals surface area (Å²) >= 11 is 0. The lowest BCUT2D eigenvalue weighted by molar-refractivity contribution is -0.119. The first kappa shape index (κ1) is 17.7. The van der Waals surface area contributed by atoms with Crippen LogP contribution in [-0.4, -0.2) is 23.4 Å². The largest absolute Gasteiger partial charge is 0.489 e. The van der Waals surface area contributed by atoms with E-state index in [9.17, 15) is 9.59 Å². The smallest absolute Gasteiger partial charge is 0.228 e. The van der Waals surface area contributed by atoms with Gasteiger partial charge in [-0.3, -0.25) is 9.59 Å². The van der Waals surface area contributed by atoms with Crippen LogP contribution in [0.4, 0.5) is 11.6 Å². The number of nitrogens with one attached hydrogen (secondary N) is 2. The van der Waals surface area contributed by atoms with Crippen LogP contribution >= 0.6 is 0 Å². The molecule has 120 valence electrons. The third-order valence-electron chi connectivity index (χ3n) is 2.72. The summed E-state index contributed by atoms with van der Waals surface area (Å²) in [4.78, 5) is 27.8. The van der Waals surface area contributed by atoms with Gasteiger partial charge in [0.1, 0.15) is 24.0 Å². The van der Waals surface area contributed by atoms with E-state index in [-0.39, 0.29) is 23.7 Å². The van der Waals surface area contributed by atoms with Crippen molar-refractivity contribution in [2.24, 2.45) is 11.8 Å². The molecule has 1 aromatic heterocycles. The highest BCUT2D eigenvalue weighted by Crippen LogP contribution is 2.22. The van der Waals surface area contributed by atoms with Gasteiger partial charge < -0.3 is 15.4 Å². The van der Waals surface area contributed by atoms with Crippen molar-refractivity contribution >= 4 is 23.5 Å². The maximum absolute atomic E-state index is 11.8. The fourth-order valence-corrected chi connectivity index (χ4v) is 1.41. The fourth-order valence-electron chi connectivity index (χ4n) is 1.41. The summed E-state index contributed by atoms with van der Waals surface area (Å²) in [6.45, 7) is 11.0. The number of anilines is 2. The predicted molar refractivity (Wildman–Crippen MR) is 86.9 cm³/mol. The first-order valence-corrected chi connectivity index (χ1v) is 7.21. The van der Waals surface area contributed by atoms with Crippen molar-refractivity contribution in [2.45, 2.75) is 27.7 Å². The lowest BCUT2D eigenvalue weighted by Crippen LogP contribution is -2.21. The van der Waals surface area contributed by atoms with Gasteiger partial charge in [-0.15, -0.1) is 0 Å². The molecule has 0 unspecified atom stereocenters. The molecule has 0 aliphatic carbocycles. The zero-order valence-corrected chi connectivity index (χ0v) is 13.5. The molecular formula is C16H23N3O3. The number of aromatic nitrogens is 1. The number of rotatable bonds is 7. The molecule has 6 nitrogen and oxygen atoms in total. The first-order valence-electron chi connectivity index (χ1n) is 7.21. The molecule has 22 heavy (non-hydrogen) atoms. The Morgan fingerprint density at radius 2 is 1.59 bits per heavy atom. The second-order valence-electron chi connectivity index (χ2n) is 5.46. The van der Waals surface area contributed by atoms with Gasteiger partial charge >= 0.3 is 0 Å². The Bertz CT molecular complexity index is 513. The molecule has 1 heterocycles. The van der Waals surface area contributed by atoms with Gasteiger partial charge in [-0.1, -0.05) is 40.3 Å². The molecule has 0 radical (unpaired) electrons. The molecule has 0 atom stereocenters. The molecule has 2 amide bonds. The lowest BCUT2D eigenvalue weighted by atomic mass is 10.2. The first-order chi connectivity index (χ1) is 10.3. The molecule has 6 heteroatoms. The number of ether oxygens (including phenoxy) is 1. The van der Waals surface area contributed by atoms with Crippen molar-refractivity contribution in [1.29, 1.82) is 0 Å². The van der Waals surface area contributed by atoms with Crippen LogP contribution in [0.2, 0.25) is 0 Å². The number of amides is 2. The van der Waals surface area contributed by atoms with Crippen LogP contribution in [-0.2, 0) is 9.59 Å². The number of carbonyl (C=O) groups excluding carboxylic acids is 2. The third-order valence-corrected chi connectivity index (χ3v) is 2.72. The van der Waals surface area contributed by atoms with Crippen LogP contribution in [0.3, 0.4) is 0 Å². The zero-order chi connectivity index (χ0) is 16.7. The van der Waals surface area contributed by atoms with E-state index in [0.29, 0.717) is 24.0 Å². The number of hydrogen-bond donors (Lipinski definition) is 2. The molecular weight excluding hydrogens is 282 g/mol. The molecule has 0 spiro atoms. The quantitative estimate of drug-likeness (QED) is 0.759. The minimum Gasteiger partial charge on any atom is -0.489 e. The molecule has 0 aliphatic rings. The molecule has 0 fully saturated rings. The van der Waals surface area contributed by atoms with E-state index in [2.05, 4.69) is 22.2 Å². The summed E-state index contributed by atoms with van der Waals surface area (Å²) in [7, 11) is 0. The maximum atomic E-state index is 11.8. The third kappa shape index (κ3) is 5.55. The van der Waals surface area contributed by atoms with Gasteiger partial charge in [0.05, 0.1) is 0 Å². The average molecular weight is 305 g/mol. The molecule has 0 aliphatic heterocycles. The molecule has 0 bridgehead atoms. The van der Waals surface area contributed by atoms with Crippen LogP contribution in [0.5, 0.6) is 5.75 Å². The lowest BCUT2D eigenvalue weighted by Gasteiger charge is -2.13. The molecule has 0 aromatic carbocycles. The summed E-state index contributed by atoms with van der Waals surface area (Å²) in [5, 5.41) is 5.39. The summed E-state index contributed by atoms with van der Waals surface area (Å²) in [5.74, 6) is 0.497. The van der Waals surface area contributed by atoms with Gasteiger partial charge in [-0.2, -0.15) is 0 Å². The van der Waals surface area contributed by atoms with Gasteiger partial charge in [0.25, 0.3) is 0 Å². The second-order valence-corrected chi connectivity index (χ2v) is 5.46. The number of hydrogen-bond acceptors (Lipinski definition) is 4. The van der Waals surface area contributed by atoms with E-state index < -0.39 is 0 Å². The van der Waals surface area contributed by atoms with Crippen molar-refractivity contribution in [3.63, 3.8) is 0 Å². The highest BCUT2D eigenvalue weighted by Gasteiger charge is 2.13. The highest BCUT2D eigenvalue weighted by molar-refractivity contribution is 5.93.